The number of aromatic nitrogens is 1. The maximum absolute atomic E-state index is 12.7. The fourth-order valence-electron chi connectivity index (χ4n) is 3.41. The van der Waals surface area contributed by atoms with Crippen LogP contribution in [-0.4, -0.2) is 10.9 Å². The number of amides is 1. The van der Waals surface area contributed by atoms with Crippen molar-refractivity contribution in [1.29, 1.82) is 0 Å². The summed E-state index contributed by atoms with van der Waals surface area (Å²) in [5.41, 5.74) is 3.21. The molecule has 0 bridgehead atoms. The molecule has 30 heavy (non-hydrogen) atoms. The third-order valence-corrected chi connectivity index (χ3v) is 5.50. The fraction of sp³-hybridized carbons (Fsp3) is 0.208. The van der Waals surface area contributed by atoms with Gasteiger partial charge in [-0.15, -0.1) is 0 Å². The number of halogens is 3. The van der Waals surface area contributed by atoms with E-state index in [0.717, 1.165) is 53.5 Å². The second-order valence-electron chi connectivity index (χ2n) is 7.56. The van der Waals surface area contributed by atoms with E-state index >= 15 is 0 Å². The van der Waals surface area contributed by atoms with E-state index in [1.54, 1.807) is 18.3 Å². The third kappa shape index (κ3) is 4.17. The number of carbonyl (C=O) groups excluding carboxylic acids is 1. The van der Waals surface area contributed by atoms with Crippen molar-refractivity contribution in [2.24, 2.45) is 5.92 Å². The number of fused-ring (bicyclic) bond motifs is 1. The Labute approximate surface area is 172 Å². The molecule has 3 aromatic rings. The van der Waals surface area contributed by atoms with Crippen molar-refractivity contribution >= 4 is 34.1 Å². The van der Waals surface area contributed by atoms with Gasteiger partial charge in [-0.1, -0.05) is 43.4 Å². The minimum atomic E-state index is -4.34. The highest BCUT2D eigenvalue weighted by atomic mass is 19.4. The molecule has 1 aromatic heterocycles. The van der Waals surface area contributed by atoms with Crippen molar-refractivity contribution in [3.8, 4) is 0 Å². The molecule has 0 radical (unpaired) electrons. The Morgan fingerprint density at radius 2 is 1.87 bits per heavy atom. The number of H-pyrrole nitrogens is 1. The highest BCUT2D eigenvalue weighted by Gasteiger charge is 2.29. The zero-order chi connectivity index (χ0) is 21.3. The van der Waals surface area contributed by atoms with Crippen molar-refractivity contribution in [3.05, 3.63) is 78.0 Å². The summed E-state index contributed by atoms with van der Waals surface area (Å²) >= 11 is 0. The first kappa shape index (κ1) is 20.0. The zero-order valence-electron chi connectivity index (χ0n) is 16.2. The summed E-state index contributed by atoms with van der Waals surface area (Å²) in [5, 5.41) is 3.89. The Morgan fingerprint density at radius 1 is 1.13 bits per heavy atom. The lowest BCUT2D eigenvalue weighted by Gasteiger charge is -2.23. The highest BCUT2D eigenvalue weighted by Crippen LogP contribution is 2.32. The number of nitrogens with one attached hydrogen (secondary N) is 2. The van der Waals surface area contributed by atoms with E-state index < -0.39 is 11.7 Å². The van der Waals surface area contributed by atoms with Gasteiger partial charge in [0.05, 0.1) is 11.3 Å². The molecule has 0 spiro atoms. The molecule has 1 aliphatic rings. The summed E-state index contributed by atoms with van der Waals surface area (Å²) in [5.74, 6) is 0.147. The summed E-state index contributed by atoms with van der Waals surface area (Å²) in [6, 6.07) is 10.8. The molecule has 1 aliphatic carbocycles. The number of carbonyl (C=O) groups is 1. The van der Waals surface area contributed by atoms with E-state index in [-0.39, 0.29) is 11.8 Å². The second kappa shape index (κ2) is 7.86. The van der Waals surface area contributed by atoms with Crippen LogP contribution in [0.2, 0.25) is 0 Å². The predicted molar refractivity (Wildman–Crippen MR) is 114 cm³/mol. The first-order valence-electron chi connectivity index (χ1n) is 9.78. The largest absolute Gasteiger partial charge is 0.416 e. The average molecular weight is 410 g/mol. The molecular weight excluding hydrogens is 389 g/mol. The fourth-order valence-corrected chi connectivity index (χ4v) is 3.41. The van der Waals surface area contributed by atoms with Crippen molar-refractivity contribution < 1.29 is 18.0 Å². The van der Waals surface area contributed by atoms with Gasteiger partial charge in [-0.05, 0) is 53.8 Å². The van der Waals surface area contributed by atoms with Crippen LogP contribution < -0.4 is 5.32 Å². The summed E-state index contributed by atoms with van der Waals surface area (Å²) < 4.78 is 38.0. The lowest BCUT2D eigenvalue weighted by Crippen LogP contribution is -2.27. The van der Waals surface area contributed by atoms with Crippen molar-refractivity contribution in [3.63, 3.8) is 0 Å². The van der Waals surface area contributed by atoms with Crippen molar-refractivity contribution in [2.75, 3.05) is 5.32 Å². The SMILES string of the molecule is C=C(/C=C/c1ccc(C(F)(F)F)cc1)c1ccc2[nH]cc(NC(=O)C3CCC3)c2c1. The number of hydrogen-bond donors (Lipinski definition) is 2. The zero-order valence-corrected chi connectivity index (χ0v) is 16.2. The first-order valence-corrected chi connectivity index (χ1v) is 9.78. The number of alkyl halides is 3. The molecule has 3 nitrogen and oxygen atoms in total. The van der Waals surface area contributed by atoms with E-state index in [9.17, 15) is 18.0 Å². The topological polar surface area (TPSA) is 44.9 Å². The molecule has 0 unspecified atom stereocenters. The molecule has 4 rings (SSSR count). The molecule has 0 aliphatic heterocycles. The molecule has 1 amide bonds. The monoisotopic (exact) mass is 410 g/mol. The van der Waals surface area contributed by atoms with E-state index in [2.05, 4.69) is 16.9 Å². The maximum Gasteiger partial charge on any atom is 0.416 e. The Kier molecular flexibility index (Phi) is 5.24. The second-order valence-corrected chi connectivity index (χ2v) is 7.56. The molecule has 6 heteroatoms. The Bertz CT molecular complexity index is 1120. The third-order valence-electron chi connectivity index (χ3n) is 5.50. The lowest BCUT2D eigenvalue weighted by molar-refractivity contribution is -0.137. The summed E-state index contributed by atoms with van der Waals surface area (Å²) in [7, 11) is 0. The number of anilines is 1. The number of rotatable bonds is 5. The van der Waals surface area contributed by atoms with Gasteiger partial charge in [-0.2, -0.15) is 13.2 Å². The number of benzene rings is 2. The van der Waals surface area contributed by atoms with Crippen LogP contribution in [0.4, 0.5) is 18.9 Å². The molecule has 0 saturated heterocycles. The van der Waals surface area contributed by atoms with Crippen LogP contribution in [0.15, 0.2) is 61.3 Å². The van der Waals surface area contributed by atoms with E-state index in [4.69, 9.17) is 0 Å². The van der Waals surface area contributed by atoms with E-state index in [0.29, 0.717) is 11.1 Å². The van der Waals surface area contributed by atoms with Gasteiger partial charge in [0.25, 0.3) is 0 Å². The van der Waals surface area contributed by atoms with Crippen LogP contribution in [0.1, 0.15) is 36.0 Å². The minimum absolute atomic E-state index is 0.0496. The van der Waals surface area contributed by atoms with Gasteiger partial charge < -0.3 is 10.3 Å². The molecule has 1 heterocycles. The lowest BCUT2D eigenvalue weighted by atomic mass is 9.85. The Balaban J connectivity index is 1.50. The molecule has 1 saturated carbocycles. The van der Waals surface area contributed by atoms with Crippen LogP contribution in [0, 0.1) is 5.92 Å². The average Bonchev–Trinajstić information content (AvgIpc) is 3.06. The van der Waals surface area contributed by atoms with Crippen LogP contribution in [-0.2, 0) is 11.0 Å². The molecular formula is C24H21F3N2O. The minimum Gasteiger partial charge on any atom is -0.359 e. The van der Waals surface area contributed by atoms with Gasteiger partial charge in [0.15, 0.2) is 0 Å². The van der Waals surface area contributed by atoms with Gasteiger partial charge in [-0.25, -0.2) is 0 Å². The van der Waals surface area contributed by atoms with Gasteiger partial charge in [-0.3, -0.25) is 4.79 Å². The van der Waals surface area contributed by atoms with Crippen LogP contribution in [0.5, 0.6) is 0 Å². The predicted octanol–water partition coefficient (Wildman–Crippen LogP) is 6.65. The maximum atomic E-state index is 12.7. The number of allylic oxidation sites excluding steroid dienone is 2. The van der Waals surface area contributed by atoms with Crippen LogP contribution in [0.25, 0.3) is 22.6 Å². The first-order chi connectivity index (χ1) is 14.3. The summed E-state index contributed by atoms with van der Waals surface area (Å²) in [6.45, 7) is 4.06. The Morgan fingerprint density at radius 3 is 2.50 bits per heavy atom. The number of hydrogen-bond acceptors (Lipinski definition) is 1. The Hall–Kier alpha value is -3.28. The smallest absolute Gasteiger partial charge is 0.359 e. The number of aromatic amines is 1. The van der Waals surface area contributed by atoms with Crippen molar-refractivity contribution in [2.45, 2.75) is 25.4 Å². The standard InChI is InChI=1S/C24H21F3N2O/c1-15(5-6-16-7-10-19(11-8-16)24(25,26)27)18-9-12-21-20(13-18)22(14-28-21)29-23(30)17-3-2-4-17/h5-14,17,28H,1-4H2,(H,29,30)/b6-5+. The van der Waals surface area contributed by atoms with Gasteiger partial charge in [0.2, 0.25) is 5.91 Å². The molecule has 2 N–H and O–H groups in total. The quantitative estimate of drug-likeness (QED) is 0.454. The summed E-state index contributed by atoms with van der Waals surface area (Å²) in [4.78, 5) is 15.4. The van der Waals surface area contributed by atoms with Crippen molar-refractivity contribution in [1.82, 2.24) is 4.98 Å². The van der Waals surface area contributed by atoms with Crippen LogP contribution in [0.3, 0.4) is 0 Å². The van der Waals surface area contributed by atoms with Gasteiger partial charge in [0, 0.05) is 23.0 Å². The normalized spacial score (nSPS) is 14.8. The molecule has 154 valence electrons. The van der Waals surface area contributed by atoms with E-state index in [1.807, 2.05) is 18.2 Å². The molecule has 1 fully saturated rings. The van der Waals surface area contributed by atoms with E-state index in [1.165, 1.54) is 12.1 Å². The van der Waals surface area contributed by atoms with Gasteiger partial charge >= 0.3 is 6.18 Å². The molecule has 2 aromatic carbocycles. The molecule has 0 atom stereocenters. The van der Waals surface area contributed by atoms with Gasteiger partial charge in [0.1, 0.15) is 0 Å². The summed E-state index contributed by atoms with van der Waals surface area (Å²) in [6.07, 6.45) is 3.90. The highest BCUT2D eigenvalue weighted by molar-refractivity contribution is 6.03. The van der Waals surface area contributed by atoms with Crippen LogP contribution >= 0.6 is 0 Å².